The molecule has 8 nitrogen and oxygen atoms in total. The standard InChI is InChI=1S/C19H19N5O3/c1-4-27-18(25)16-11(2)20-19-21-22-23-24(19)17(16)14-9-10-15(26-3)13-8-6-5-7-12(13)14/h5-10,16-17H,4H2,1-3H3. The maximum Gasteiger partial charge on any atom is 0.317 e. The molecule has 2 unspecified atom stereocenters. The van der Waals surface area contributed by atoms with Gasteiger partial charge in [0.05, 0.1) is 13.7 Å². The minimum Gasteiger partial charge on any atom is -0.496 e. The predicted octanol–water partition coefficient (Wildman–Crippen LogP) is 2.71. The number of fused-ring (bicyclic) bond motifs is 2. The Hall–Kier alpha value is -3.29. The normalized spacial score (nSPS) is 18.7. The molecule has 0 saturated carbocycles. The molecule has 4 rings (SSSR count). The molecule has 8 heteroatoms. The summed E-state index contributed by atoms with van der Waals surface area (Å²) in [5.41, 5.74) is 1.54. The number of nitrogens with zero attached hydrogens (tertiary/aromatic N) is 5. The average Bonchev–Trinajstić information content (AvgIpc) is 3.14. The fourth-order valence-electron chi connectivity index (χ4n) is 3.61. The van der Waals surface area contributed by atoms with Crippen LogP contribution in [0.25, 0.3) is 10.8 Å². The average molecular weight is 365 g/mol. The first-order valence-electron chi connectivity index (χ1n) is 8.71. The quantitative estimate of drug-likeness (QED) is 0.660. The zero-order valence-corrected chi connectivity index (χ0v) is 15.3. The van der Waals surface area contributed by atoms with Gasteiger partial charge in [-0.2, -0.15) is 0 Å². The third-order valence-corrected chi connectivity index (χ3v) is 4.78. The summed E-state index contributed by atoms with van der Waals surface area (Å²) in [6.45, 7) is 3.88. The highest BCUT2D eigenvalue weighted by Gasteiger charge is 2.40. The van der Waals surface area contributed by atoms with Gasteiger partial charge >= 0.3 is 5.97 Å². The van der Waals surface area contributed by atoms with Gasteiger partial charge in [0.15, 0.2) is 0 Å². The van der Waals surface area contributed by atoms with E-state index in [1.54, 1.807) is 25.6 Å². The second-order valence-corrected chi connectivity index (χ2v) is 6.25. The molecule has 2 heterocycles. The number of carbonyl (C=O) groups excluding carboxylic acids is 1. The van der Waals surface area contributed by atoms with E-state index in [-0.39, 0.29) is 5.97 Å². The van der Waals surface area contributed by atoms with Crippen molar-refractivity contribution in [2.75, 3.05) is 13.7 Å². The van der Waals surface area contributed by atoms with Crippen molar-refractivity contribution in [3.8, 4) is 5.75 Å². The van der Waals surface area contributed by atoms with Crippen molar-refractivity contribution in [1.82, 2.24) is 20.2 Å². The lowest BCUT2D eigenvalue weighted by molar-refractivity contribution is -0.146. The van der Waals surface area contributed by atoms with Gasteiger partial charge in [0, 0.05) is 11.1 Å². The van der Waals surface area contributed by atoms with Crippen LogP contribution in [0.3, 0.4) is 0 Å². The van der Waals surface area contributed by atoms with Crippen molar-refractivity contribution in [3.05, 3.63) is 42.0 Å². The van der Waals surface area contributed by atoms with Crippen molar-refractivity contribution < 1.29 is 14.3 Å². The monoisotopic (exact) mass is 365 g/mol. The zero-order chi connectivity index (χ0) is 19.0. The second kappa shape index (κ2) is 6.79. The van der Waals surface area contributed by atoms with Gasteiger partial charge in [0.2, 0.25) is 0 Å². The van der Waals surface area contributed by atoms with Crippen LogP contribution in [0.5, 0.6) is 5.75 Å². The Morgan fingerprint density at radius 2 is 1.96 bits per heavy atom. The number of benzene rings is 2. The van der Waals surface area contributed by atoms with Crippen LogP contribution in [0.1, 0.15) is 25.5 Å². The van der Waals surface area contributed by atoms with E-state index in [0.29, 0.717) is 18.3 Å². The maximum atomic E-state index is 12.8. The van der Waals surface area contributed by atoms with Gasteiger partial charge in [-0.05, 0) is 41.3 Å². The largest absolute Gasteiger partial charge is 0.496 e. The lowest BCUT2D eigenvalue weighted by Gasteiger charge is -2.30. The van der Waals surface area contributed by atoms with Crippen LogP contribution in [-0.4, -0.2) is 45.6 Å². The number of methoxy groups -OCH3 is 1. The summed E-state index contributed by atoms with van der Waals surface area (Å²) in [7, 11) is 1.64. The van der Waals surface area contributed by atoms with Crippen molar-refractivity contribution in [2.24, 2.45) is 10.9 Å². The van der Waals surface area contributed by atoms with Crippen LogP contribution < -0.4 is 4.74 Å². The Balaban J connectivity index is 1.96. The van der Waals surface area contributed by atoms with Gasteiger partial charge in [-0.25, -0.2) is 9.67 Å². The summed E-state index contributed by atoms with van der Waals surface area (Å²) in [5.74, 6) is 0.181. The van der Waals surface area contributed by atoms with Gasteiger partial charge < -0.3 is 9.47 Å². The summed E-state index contributed by atoms with van der Waals surface area (Å²) in [6.07, 6.45) is 0. The van der Waals surface area contributed by atoms with Crippen LogP contribution in [0.15, 0.2) is 41.4 Å². The van der Waals surface area contributed by atoms with Crippen LogP contribution in [-0.2, 0) is 9.53 Å². The number of tetrazole rings is 1. The molecule has 138 valence electrons. The van der Waals surface area contributed by atoms with Gasteiger partial charge in [-0.1, -0.05) is 35.4 Å². The molecule has 0 N–H and O–H groups in total. The van der Waals surface area contributed by atoms with E-state index in [9.17, 15) is 4.79 Å². The highest BCUT2D eigenvalue weighted by Crippen LogP contribution is 2.40. The highest BCUT2D eigenvalue weighted by atomic mass is 16.5. The molecule has 0 radical (unpaired) electrons. The summed E-state index contributed by atoms with van der Waals surface area (Å²) >= 11 is 0. The molecular formula is C19H19N5O3. The maximum absolute atomic E-state index is 12.8. The number of hydrogen-bond acceptors (Lipinski definition) is 7. The summed E-state index contributed by atoms with van der Waals surface area (Å²) in [6, 6.07) is 11.3. The fourth-order valence-corrected chi connectivity index (χ4v) is 3.61. The molecule has 3 aromatic rings. The predicted molar refractivity (Wildman–Crippen MR) is 99.3 cm³/mol. The van der Waals surface area contributed by atoms with Gasteiger partial charge in [-0.3, -0.25) is 4.79 Å². The van der Waals surface area contributed by atoms with Crippen LogP contribution in [0.4, 0.5) is 5.95 Å². The summed E-state index contributed by atoms with van der Waals surface area (Å²) < 4.78 is 12.4. The van der Waals surface area contributed by atoms with Gasteiger partial charge in [-0.15, -0.1) is 0 Å². The molecule has 1 aliphatic heterocycles. The Morgan fingerprint density at radius 3 is 2.70 bits per heavy atom. The Morgan fingerprint density at radius 1 is 1.19 bits per heavy atom. The molecule has 0 bridgehead atoms. The first-order valence-corrected chi connectivity index (χ1v) is 8.71. The third kappa shape index (κ3) is 2.73. The van der Waals surface area contributed by atoms with E-state index in [2.05, 4.69) is 20.5 Å². The number of rotatable bonds is 4. The van der Waals surface area contributed by atoms with E-state index >= 15 is 0 Å². The topological polar surface area (TPSA) is 91.5 Å². The second-order valence-electron chi connectivity index (χ2n) is 6.25. The molecule has 2 atom stereocenters. The third-order valence-electron chi connectivity index (χ3n) is 4.78. The minimum atomic E-state index is -0.613. The van der Waals surface area contributed by atoms with E-state index in [4.69, 9.17) is 9.47 Å². The van der Waals surface area contributed by atoms with E-state index in [1.165, 1.54) is 0 Å². The lowest BCUT2D eigenvalue weighted by atomic mass is 9.86. The van der Waals surface area contributed by atoms with Crippen LogP contribution in [0.2, 0.25) is 0 Å². The van der Waals surface area contributed by atoms with Gasteiger partial charge in [0.25, 0.3) is 5.95 Å². The molecule has 1 aromatic heterocycles. The molecule has 1 aliphatic rings. The summed E-state index contributed by atoms with van der Waals surface area (Å²) in [5, 5.41) is 13.7. The number of aliphatic imine (C=N–C) groups is 1. The molecule has 0 amide bonds. The smallest absolute Gasteiger partial charge is 0.317 e. The minimum absolute atomic E-state index is 0.293. The molecule has 0 spiro atoms. The zero-order valence-electron chi connectivity index (χ0n) is 15.3. The molecule has 27 heavy (non-hydrogen) atoms. The number of hydrogen-bond donors (Lipinski definition) is 0. The summed E-state index contributed by atoms with van der Waals surface area (Å²) in [4.78, 5) is 17.2. The molecule has 0 saturated heterocycles. The molecule has 2 aromatic carbocycles. The first kappa shape index (κ1) is 17.1. The van der Waals surface area contributed by atoms with E-state index in [1.807, 2.05) is 36.4 Å². The van der Waals surface area contributed by atoms with E-state index < -0.39 is 12.0 Å². The number of esters is 1. The van der Waals surface area contributed by atoms with Crippen molar-refractivity contribution >= 4 is 28.4 Å². The Labute approximate surface area is 155 Å². The number of carbonyl (C=O) groups is 1. The Kier molecular flexibility index (Phi) is 4.31. The van der Waals surface area contributed by atoms with Crippen LogP contribution >= 0.6 is 0 Å². The SMILES string of the molecule is CCOC(=O)C1C(C)=Nc2nnnn2C1c1ccc(OC)c2ccccc12. The number of ether oxygens (including phenoxy) is 2. The number of aromatic nitrogens is 4. The first-order chi connectivity index (χ1) is 13.2. The molecule has 0 fully saturated rings. The van der Waals surface area contributed by atoms with Crippen LogP contribution in [0, 0.1) is 5.92 Å². The van der Waals surface area contributed by atoms with E-state index in [0.717, 1.165) is 22.1 Å². The fraction of sp³-hybridized carbons (Fsp3) is 0.316. The lowest BCUT2D eigenvalue weighted by Crippen LogP contribution is -2.37. The van der Waals surface area contributed by atoms with Crippen molar-refractivity contribution in [3.63, 3.8) is 0 Å². The van der Waals surface area contributed by atoms with Crippen molar-refractivity contribution in [2.45, 2.75) is 19.9 Å². The molecular weight excluding hydrogens is 346 g/mol. The van der Waals surface area contributed by atoms with Crippen molar-refractivity contribution in [1.29, 1.82) is 0 Å². The molecule has 0 aliphatic carbocycles. The highest BCUT2D eigenvalue weighted by molar-refractivity contribution is 6.04. The Bertz CT molecular complexity index is 1040. The van der Waals surface area contributed by atoms with Gasteiger partial charge in [0.1, 0.15) is 17.7 Å².